The summed E-state index contributed by atoms with van der Waals surface area (Å²) in [7, 11) is -0.909. The van der Waals surface area contributed by atoms with Crippen molar-refractivity contribution in [2.75, 3.05) is 26.1 Å². The van der Waals surface area contributed by atoms with E-state index in [9.17, 15) is 24.9 Å². The number of methoxy groups -OCH3 is 1. The van der Waals surface area contributed by atoms with Gasteiger partial charge in [-0.15, -0.1) is 0 Å². The number of nitrogens with zero attached hydrogens (tertiary/aromatic N) is 2. The number of carboxylic acids is 1. The van der Waals surface area contributed by atoms with E-state index in [1.54, 1.807) is 19.9 Å². The number of nitrogens with one attached hydrogen (secondary N) is 1. The normalized spacial score (nSPS) is 13.0. The van der Waals surface area contributed by atoms with Crippen LogP contribution in [0.1, 0.15) is 79.8 Å². The minimum atomic E-state index is -2.42. The molecule has 0 aliphatic rings. The van der Waals surface area contributed by atoms with Crippen molar-refractivity contribution in [3.05, 3.63) is 34.5 Å². The van der Waals surface area contributed by atoms with Crippen molar-refractivity contribution in [2.45, 2.75) is 84.3 Å². The zero-order valence-corrected chi connectivity index (χ0v) is 28.1. The number of aliphatic hydroxyl groups is 2. The first-order valence-electron chi connectivity index (χ1n) is 14.1. The maximum atomic E-state index is 12.7. The number of rotatable bonds is 17. The average molecular weight is 626 g/mol. The van der Waals surface area contributed by atoms with Gasteiger partial charge in [-0.05, 0) is 44.3 Å². The molecule has 2 aromatic rings. The van der Waals surface area contributed by atoms with E-state index in [4.69, 9.17) is 13.7 Å². The highest BCUT2D eigenvalue weighted by Crippen LogP contribution is 2.47. The molecule has 2 rings (SSSR count). The van der Waals surface area contributed by atoms with Gasteiger partial charge in [0, 0.05) is 54.3 Å². The molecule has 1 aromatic carbocycles. The Balaban J connectivity index is 2.40. The van der Waals surface area contributed by atoms with Crippen LogP contribution in [0.5, 0.6) is 11.5 Å². The van der Waals surface area contributed by atoms with E-state index in [0.717, 1.165) is 0 Å². The van der Waals surface area contributed by atoms with Crippen molar-refractivity contribution in [2.24, 2.45) is 11.8 Å². The first-order valence-corrected chi connectivity index (χ1v) is 18.2. The summed E-state index contributed by atoms with van der Waals surface area (Å²) >= 11 is 1.41. The molecule has 1 amide bonds. The number of aliphatic hydroxyl groups excluding tert-OH is 2. The molecule has 0 saturated heterocycles. The first-order chi connectivity index (χ1) is 19.6. The summed E-state index contributed by atoms with van der Waals surface area (Å²) in [4.78, 5) is 29.6. The maximum absolute atomic E-state index is 12.7. The predicted molar refractivity (Wildman–Crippen MR) is 165 cm³/mol. The van der Waals surface area contributed by atoms with Crippen LogP contribution in [0, 0.1) is 25.7 Å². The molecule has 0 bridgehead atoms. The Bertz CT molecular complexity index is 1210. The lowest BCUT2D eigenvalue weighted by atomic mass is 9.99. The van der Waals surface area contributed by atoms with Crippen molar-refractivity contribution >= 4 is 32.0 Å². The minimum absolute atomic E-state index is 0.101. The van der Waals surface area contributed by atoms with Crippen LogP contribution in [-0.2, 0) is 10.5 Å². The topological polar surface area (TPSA) is 164 Å². The molecule has 4 N–H and O–H groups in total. The fourth-order valence-corrected chi connectivity index (χ4v) is 7.83. The second kappa shape index (κ2) is 15.2. The maximum Gasteiger partial charge on any atom is 0.336 e. The summed E-state index contributed by atoms with van der Waals surface area (Å²) in [5.74, 6) is 0.789. The molecule has 42 heavy (non-hydrogen) atoms. The van der Waals surface area contributed by atoms with E-state index in [1.807, 2.05) is 0 Å². The van der Waals surface area contributed by atoms with Crippen LogP contribution < -0.4 is 14.5 Å². The van der Waals surface area contributed by atoms with Gasteiger partial charge in [-0.1, -0.05) is 32.9 Å². The smallest absolute Gasteiger partial charge is 0.336 e. The Morgan fingerprint density at radius 1 is 1.17 bits per heavy atom. The highest BCUT2D eigenvalue weighted by molar-refractivity contribution is 7.98. The zero-order chi connectivity index (χ0) is 31.8. The molecule has 13 heteroatoms. The monoisotopic (exact) mass is 625 g/mol. The second-order valence-electron chi connectivity index (χ2n) is 11.9. The van der Waals surface area contributed by atoms with E-state index in [1.165, 1.54) is 18.9 Å². The standard InChI is InChI=1S/C29H47N3O8SSi/c1-17(2)29(5,6)42(8,9)40-24-12-23(38-7)18(3)26(28(36)37)21(24)15-41-16-22(27-30-19(4)32-39-27)31-25(35)11-10-20(13-33)14-34/h12,17,20,22,33-34H,10-11,13-16H2,1-9H3,(H,31,35)(H,36,37)/t22-/m0/s1. The molecular weight excluding hydrogens is 578 g/mol. The number of carbonyl (C=O) groups excluding carboxylic acids is 1. The van der Waals surface area contributed by atoms with Gasteiger partial charge >= 0.3 is 5.97 Å². The Labute approximate surface area is 253 Å². The van der Waals surface area contributed by atoms with E-state index in [0.29, 0.717) is 46.5 Å². The van der Waals surface area contributed by atoms with Crippen molar-refractivity contribution < 1.29 is 38.6 Å². The lowest BCUT2D eigenvalue weighted by Crippen LogP contribution is -2.48. The largest absolute Gasteiger partial charge is 0.543 e. The predicted octanol–water partition coefficient (Wildman–Crippen LogP) is 4.89. The van der Waals surface area contributed by atoms with Crippen LogP contribution in [-0.4, -0.2) is 71.7 Å². The number of aromatic carboxylic acids is 1. The lowest BCUT2D eigenvalue weighted by molar-refractivity contribution is -0.122. The highest BCUT2D eigenvalue weighted by Gasteiger charge is 2.45. The summed E-state index contributed by atoms with van der Waals surface area (Å²) in [6.07, 6.45) is 0.423. The molecule has 11 nitrogen and oxygen atoms in total. The van der Waals surface area contributed by atoms with E-state index < -0.39 is 20.3 Å². The molecule has 0 fully saturated rings. The summed E-state index contributed by atoms with van der Waals surface area (Å²) in [5, 5.41) is 35.5. The fourth-order valence-electron chi connectivity index (χ4n) is 4.37. The quantitative estimate of drug-likeness (QED) is 0.177. The molecule has 236 valence electrons. The molecule has 0 spiro atoms. The Hall–Kier alpha value is -2.61. The number of thioether (sulfide) groups is 1. The van der Waals surface area contributed by atoms with Crippen LogP contribution in [0.3, 0.4) is 0 Å². The fraction of sp³-hybridized carbons (Fsp3) is 0.655. The number of aromatic nitrogens is 2. The van der Waals surface area contributed by atoms with Gasteiger partial charge in [0.15, 0.2) is 5.82 Å². The van der Waals surface area contributed by atoms with E-state index >= 15 is 0 Å². The number of benzene rings is 1. The number of aryl methyl sites for hydroxylation is 1. The molecule has 0 aliphatic carbocycles. The minimum Gasteiger partial charge on any atom is -0.543 e. The number of carboxylic acid groups (broad SMARTS) is 1. The lowest BCUT2D eigenvalue weighted by Gasteiger charge is -2.43. The van der Waals surface area contributed by atoms with Crippen LogP contribution in [0.4, 0.5) is 0 Å². The molecular formula is C29H47N3O8SSi. The summed E-state index contributed by atoms with van der Waals surface area (Å²) in [6, 6.07) is 1.15. The SMILES string of the molecule is COc1cc(O[Si](C)(C)C(C)(C)C(C)C)c(CSC[C@H](NC(=O)CCC(CO)CO)c2nc(C)no2)c(C(=O)O)c1C. The number of carbonyl (C=O) groups is 2. The first kappa shape index (κ1) is 35.6. The molecule has 1 heterocycles. The number of amides is 1. The third-order valence-corrected chi connectivity index (χ3v) is 13.9. The van der Waals surface area contributed by atoms with Crippen molar-refractivity contribution in [3.8, 4) is 11.5 Å². The van der Waals surface area contributed by atoms with Crippen molar-refractivity contribution in [1.29, 1.82) is 0 Å². The van der Waals surface area contributed by atoms with Crippen molar-refractivity contribution in [1.82, 2.24) is 15.5 Å². The highest BCUT2D eigenvalue weighted by atomic mass is 32.2. The van der Waals surface area contributed by atoms with E-state index in [2.05, 4.69) is 56.2 Å². The van der Waals surface area contributed by atoms with Gasteiger partial charge in [0.2, 0.25) is 11.8 Å². The molecule has 0 saturated carbocycles. The Kier molecular flexibility index (Phi) is 12.9. The van der Waals surface area contributed by atoms with Crippen LogP contribution in [0.25, 0.3) is 0 Å². The van der Waals surface area contributed by atoms with Gasteiger partial charge in [0.05, 0.1) is 12.7 Å². The second-order valence-corrected chi connectivity index (χ2v) is 17.5. The average Bonchev–Trinajstić information content (AvgIpc) is 3.35. The summed E-state index contributed by atoms with van der Waals surface area (Å²) in [6.45, 7) is 15.9. The Morgan fingerprint density at radius 2 is 1.81 bits per heavy atom. The summed E-state index contributed by atoms with van der Waals surface area (Å²) < 4.78 is 17.7. The van der Waals surface area contributed by atoms with Gasteiger partial charge in [0.25, 0.3) is 8.32 Å². The van der Waals surface area contributed by atoms with Crippen molar-refractivity contribution in [3.63, 3.8) is 0 Å². The molecule has 1 atom stereocenters. The molecule has 0 radical (unpaired) electrons. The van der Waals surface area contributed by atoms with Crippen LogP contribution >= 0.6 is 11.8 Å². The molecule has 1 aromatic heterocycles. The van der Waals surface area contributed by atoms with Gasteiger partial charge in [-0.2, -0.15) is 16.7 Å². The van der Waals surface area contributed by atoms with Gasteiger partial charge in [0.1, 0.15) is 17.5 Å². The third kappa shape index (κ3) is 8.71. The molecule has 0 unspecified atom stereocenters. The van der Waals surface area contributed by atoms with Gasteiger partial charge in [-0.3, -0.25) is 4.79 Å². The van der Waals surface area contributed by atoms with Crippen LogP contribution in [0.2, 0.25) is 18.1 Å². The molecule has 0 aliphatic heterocycles. The number of hydrogen-bond donors (Lipinski definition) is 4. The van der Waals surface area contributed by atoms with E-state index in [-0.39, 0.29) is 53.7 Å². The Morgan fingerprint density at radius 3 is 2.31 bits per heavy atom. The number of ether oxygens (including phenoxy) is 1. The summed E-state index contributed by atoms with van der Waals surface area (Å²) in [5.41, 5.74) is 1.19. The van der Waals surface area contributed by atoms with Crippen LogP contribution in [0.15, 0.2) is 10.6 Å². The third-order valence-electron chi connectivity index (χ3n) is 8.40. The zero-order valence-electron chi connectivity index (χ0n) is 26.2. The van der Waals surface area contributed by atoms with Gasteiger partial charge in [-0.25, -0.2) is 4.79 Å². The number of hydrogen-bond acceptors (Lipinski definition) is 10. The van der Waals surface area contributed by atoms with Gasteiger partial charge < -0.3 is 34.3 Å².